The predicted octanol–water partition coefficient (Wildman–Crippen LogP) is 3.71. The Bertz CT molecular complexity index is 972. The van der Waals surface area contributed by atoms with Crippen molar-refractivity contribution < 1.29 is 9.53 Å². The van der Waals surface area contributed by atoms with E-state index in [9.17, 15) is 4.79 Å². The summed E-state index contributed by atoms with van der Waals surface area (Å²) in [6.07, 6.45) is 1.91. The number of hydrogen-bond acceptors (Lipinski definition) is 5. The molecule has 7 heteroatoms. The minimum Gasteiger partial charge on any atom is -0.492 e. The van der Waals surface area contributed by atoms with E-state index in [0.29, 0.717) is 29.6 Å². The summed E-state index contributed by atoms with van der Waals surface area (Å²) in [5, 5.41) is 10.6. The standard InChI is InChI=1S/C20H25N5O2/c1-6-27-16-11-14(18(26)23-20(3,4)5)8-9-15(16)21-19-22-17-10-7-13(2)12-25(17)24-19/h7-12H,6H2,1-5H3,(H,21,24)(H,23,26). The Kier molecular flexibility index (Phi) is 5.03. The summed E-state index contributed by atoms with van der Waals surface area (Å²) in [4.78, 5) is 16.9. The molecular weight excluding hydrogens is 342 g/mol. The number of nitrogens with zero attached hydrogens (tertiary/aromatic N) is 3. The van der Waals surface area contributed by atoms with E-state index in [1.165, 1.54) is 0 Å². The van der Waals surface area contributed by atoms with Gasteiger partial charge in [0.15, 0.2) is 5.65 Å². The Hall–Kier alpha value is -3.09. The number of hydrogen-bond donors (Lipinski definition) is 2. The molecule has 0 atom stereocenters. The van der Waals surface area contributed by atoms with E-state index in [0.717, 1.165) is 11.2 Å². The molecule has 2 aromatic heterocycles. The number of aromatic nitrogens is 3. The van der Waals surface area contributed by atoms with Crippen LogP contribution >= 0.6 is 0 Å². The molecule has 7 nitrogen and oxygen atoms in total. The summed E-state index contributed by atoms with van der Waals surface area (Å²) in [6.45, 7) is 10.2. The molecule has 0 saturated heterocycles. The molecule has 1 amide bonds. The number of benzene rings is 1. The molecule has 27 heavy (non-hydrogen) atoms. The van der Waals surface area contributed by atoms with E-state index in [1.54, 1.807) is 22.7 Å². The zero-order valence-corrected chi connectivity index (χ0v) is 16.3. The first-order chi connectivity index (χ1) is 12.7. The van der Waals surface area contributed by atoms with Gasteiger partial charge < -0.3 is 15.4 Å². The van der Waals surface area contributed by atoms with Crippen molar-refractivity contribution >= 4 is 23.2 Å². The highest BCUT2D eigenvalue weighted by Crippen LogP contribution is 2.28. The normalized spacial score (nSPS) is 11.4. The number of nitrogens with one attached hydrogen (secondary N) is 2. The van der Waals surface area contributed by atoms with Crippen LogP contribution in [0.3, 0.4) is 0 Å². The Morgan fingerprint density at radius 1 is 1.22 bits per heavy atom. The van der Waals surface area contributed by atoms with E-state index in [4.69, 9.17) is 4.74 Å². The molecule has 3 aromatic rings. The van der Waals surface area contributed by atoms with Gasteiger partial charge in [0.25, 0.3) is 5.91 Å². The van der Waals surface area contributed by atoms with Gasteiger partial charge in [-0.2, -0.15) is 4.98 Å². The Balaban J connectivity index is 1.88. The van der Waals surface area contributed by atoms with E-state index in [-0.39, 0.29) is 11.4 Å². The van der Waals surface area contributed by atoms with E-state index < -0.39 is 0 Å². The van der Waals surface area contributed by atoms with E-state index in [1.807, 2.05) is 52.9 Å². The van der Waals surface area contributed by atoms with Gasteiger partial charge in [0, 0.05) is 17.3 Å². The van der Waals surface area contributed by atoms with Gasteiger partial charge in [0.1, 0.15) is 5.75 Å². The van der Waals surface area contributed by atoms with Crippen molar-refractivity contribution in [3.05, 3.63) is 47.7 Å². The number of aryl methyl sites for hydroxylation is 1. The van der Waals surface area contributed by atoms with Crippen molar-refractivity contribution in [2.45, 2.75) is 40.2 Å². The largest absolute Gasteiger partial charge is 0.492 e. The monoisotopic (exact) mass is 367 g/mol. The quantitative estimate of drug-likeness (QED) is 0.718. The maximum atomic E-state index is 12.4. The fraction of sp³-hybridized carbons (Fsp3) is 0.350. The lowest BCUT2D eigenvalue weighted by Gasteiger charge is -2.21. The zero-order chi connectivity index (χ0) is 19.6. The molecule has 1 aromatic carbocycles. The molecule has 0 fully saturated rings. The molecule has 0 saturated carbocycles. The van der Waals surface area contributed by atoms with Crippen molar-refractivity contribution in [1.82, 2.24) is 19.9 Å². The van der Waals surface area contributed by atoms with Gasteiger partial charge in [-0.3, -0.25) is 4.79 Å². The van der Waals surface area contributed by atoms with Crippen LogP contribution in [0.15, 0.2) is 36.5 Å². The molecule has 0 spiro atoms. The minimum absolute atomic E-state index is 0.142. The number of fused-ring (bicyclic) bond motifs is 1. The number of anilines is 2. The van der Waals surface area contributed by atoms with Gasteiger partial charge in [-0.15, -0.1) is 5.10 Å². The van der Waals surface area contributed by atoms with Crippen LogP contribution in [0.2, 0.25) is 0 Å². The molecule has 142 valence electrons. The van der Waals surface area contributed by atoms with Gasteiger partial charge in [-0.25, -0.2) is 4.52 Å². The van der Waals surface area contributed by atoms with Gasteiger partial charge in [-0.05, 0) is 64.4 Å². The van der Waals surface area contributed by atoms with E-state index in [2.05, 4.69) is 20.7 Å². The van der Waals surface area contributed by atoms with Crippen LogP contribution in [0.4, 0.5) is 11.6 Å². The fourth-order valence-electron chi connectivity index (χ4n) is 2.61. The van der Waals surface area contributed by atoms with Gasteiger partial charge >= 0.3 is 0 Å². The second-order valence-electron chi connectivity index (χ2n) is 7.42. The Labute approximate surface area is 158 Å². The van der Waals surface area contributed by atoms with Crippen LogP contribution in [-0.2, 0) is 0 Å². The lowest BCUT2D eigenvalue weighted by Crippen LogP contribution is -2.40. The first kappa shape index (κ1) is 18.7. The molecule has 0 aliphatic heterocycles. The first-order valence-electron chi connectivity index (χ1n) is 8.94. The van der Waals surface area contributed by atoms with Crippen LogP contribution in [0.5, 0.6) is 5.75 Å². The second-order valence-corrected chi connectivity index (χ2v) is 7.42. The molecule has 0 radical (unpaired) electrons. The van der Waals surface area contributed by atoms with E-state index >= 15 is 0 Å². The zero-order valence-electron chi connectivity index (χ0n) is 16.3. The third-order valence-electron chi connectivity index (χ3n) is 3.76. The molecule has 0 bridgehead atoms. The van der Waals surface area contributed by atoms with Gasteiger partial charge in [0.2, 0.25) is 5.95 Å². The highest BCUT2D eigenvalue weighted by Gasteiger charge is 2.17. The van der Waals surface area contributed by atoms with Gasteiger partial charge in [-0.1, -0.05) is 6.07 Å². The predicted molar refractivity (Wildman–Crippen MR) is 106 cm³/mol. The van der Waals surface area contributed by atoms with Crippen molar-refractivity contribution in [2.75, 3.05) is 11.9 Å². The Morgan fingerprint density at radius 3 is 2.70 bits per heavy atom. The van der Waals surface area contributed by atoms with Crippen LogP contribution in [0.25, 0.3) is 5.65 Å². The molecule has 3 rings (SSSR count). The highest BCUT2D eigenvalue weighted by molar-refractivity contribution is 5.95. The summed E-state index contributed by atoms with van der Waals surface area (Å²) in [6, 6.07) is 9.19. The van der Waals surface area contributed by atoms with Crippen molar-refractivity contribution in [3.8, 4) is 5.75 Å². The van der Waals surface area contributed by atoms with Crippen LogP contribution < -0.4 is 15.4 Å². The molecule has 0 unspecified atom stereocenters. The first-order valence-corrected chi connectivity index (χ1v) is 8.94. The number of carbonyl (C=O) groups excluding carboxylic acids is 1. The summed E-state index contributed by atoms with van der Waals surface area (Å²) in [5.74, 6) is 0.902. The lowest BCUT2D eigenvalue weighted by atomic mass is 10.1. The van der Waals surface area contributed by atoms with Crippen molar-refractivity contribution in [1.29, 1.82) is 0 Å². The van der Waals surface area contributed by atoms with Gasteiger partial charge in [0.05, 0.1) is 12.3 Å². The number of carbonyl (C=O) groups is 1. The number of ether oxygens (including phenoxy) is 1. The SMILES string of the molecule is CCOc1cc(C(=O)NC(C)(C)C)ccc1Nc1nc2ccc(C)cn2n1. The summed E-state index contributed by atoms with van der Waals surface area (Å²) in [7, 11) is 0. The third-order valence-corrected chi connectivity index (χ3v) is 3.76. The molecule has 0 aliphatic carbocycles. The molecule has 2 heterocycles. The average Bonchev–Trinajstić information content (AvgIpc) is 2.96. The minimum atomic E-state index is -0.307. The topological polar surface area (TPSA) is 80.5 Å². The number of amides is 1. The smallest absolute Gasteiger partial charge is 0.251 e. The summed E-state index contributed by atoms with van der Waals surface area (Å²) < 4.78 is 7.44. The fourth-order valence-corrected chi connectivity index (χ4v) is 2.61. The summed E-state index contributed by atoms with van der Waals surface area (Å²) in [5.41, 5.74) is 2.79. The van der Waals surface area contributed by atoms with Crippen molar-refractivity contribution in [2.24, 2.45) is 0 Å². The molecule has 2 N–H and O–H groups in total. The number of pyridine rings is 1. The van der Waals surface area contributed by atoms with Crippen LogP contribution in [-0.4, -0.2) is 32.7 Å². The maximum absolute atomic E-state index is 12.4. The average molecular weight is 367 g/mol. The highest BCUT2D eigenvalue weighted by atomic mass is 16.5. The third kappa shape index (κ3) is 4.55. The maximum Gasteiger partial charge on any atom is 0.251 e. The van der Waals surface area contributed by atoms with Crippen LogP contribution in [0.1, 0.15) is 43.6 Å². The lowest BCUT2D eigenvalue weighted by molar-refractivity contribution is 0.0919. The molecular formula is C20H25N5O2. The Morgan fingerprint density at radius 2 is 2.00 bits per heavy atom. The molecule has 0 aliphatic rings. The van der Waals surface area contributed by atoms with Crippen LogP contribution in [0, 0.1) is 6.92 Å². The summed E-state index contributed by atoms with van der Waals surface area (Å²) >= 11 is 0. The van der Waals surface area contributed by atoms with Crippen molar-refractivity contribution in [3.63, 3.8) is 0 Å². The second kappa shape index (κ2) is 7.26. The number of rotatable bonds is 5.